The third kappa shape index (κ3) is 4.02. The van der Waals surface area contributed by atoms with Crippen LogP contribution in [-0.4, -0.2) is 16.5 Å². The van der Waals surface area contributed by atoms with E-state index in [1.165, 1.54) is 11.1 Å². The van der Waals surface area contributed by atoms with Crippen molar-refractivity contribution in [3.05, 3.63) is 57.6 Å². The highest BCUT2D eigenvalue weighted by molar-refractivity contribution is 6.30. The van der Waals surface area contributed by atoms with E-state index in [0.717, 1.165) is 47.9 Å². The number of aromatic nitrogens is 2. The van der Waals surface area contributed by atoms with Crippen LogP contribution in [0.15, 0.2) is 24.3 Å². The highest BCUT2D eigenvalue weighted by Gasteiger charge is 2.12. The number of benzene rings is 1. The first-order valence-corrected chi connectivity index (χ1v) is 7.87. The summed E-state index contributed by atoms with van der Waals surface area (Å²) in [5.74, 6) is 0.881. The summed E-state index contributed by atoms with van der Waals surface area (Å²) < 4.78 is 0. The Bertz CT molecular complexity index is 568. The molecule has 0 atom stereocenters. The van der Waals surface area contributed by atoms with Crippen molar-refractivity contribution in [1.29, 1.82) is 0 Å². The summed E-state index contributed by atoms with van der Waals surface area (Å²) in [6.07, 6.45) is 3.42. The van der Waals surface area contributed by atoms with Gasteiger partial charge in [0.15, 0.2) is 0 Å². The molecule has 1 aromatic heterocycles. The van der Waals surface area contributed by atoms with Crippen LogP contribution >= 0.6 is 11.6 Å². The maximum atomic E-state index is 5.92. The third-order valence-electron chi connectivity index (χ3n) is 3.56. The Morgan fingerprint density at radius 1 is 1.00 bits per heavy atom. The molecule has 1 aromatic carbocycles. The van der Waals surface area contributed by atoms with Gasteiger partial charge in [-0.05, 0) is 49.1 Å². The molecule has 0 fully saturated rings. The van der Waals surface area contributed by atoms with Crippen LogP contribution in [0.4, 0.5) is 0 Å². The minimum absolute atomic E-state index is 0.639. The summed E-state index contributed by atoms with van der Waals surface area (Å²) in [5, 5.41) is 0.751. The number of aryl methyl sites for hydroxylation is 2. The van der Waals surface area contributed by atoms with Crippen LogP contribution < -0.4 is 5.73 Å². The zero-order valence-corrected chi connectivity index (χ0v) is 13.5. The first-order chi connectivity index (χ1) is 10.2. The van der Waals surface area contributed by atoms with E-state index in [4.69, 9.17) is 27.3 Å². The highest BCUT2D eigenvalue weighted by atomic mass is 35.5. The summed E-state index contributed by atoms with van der Waals surface area (Å²) in [5.41, 5.74) is 10.4. The largest absolute Gasteiger partial charge is 0.330 e. The molecule has 0 unspecified atom stereocenters. The number of rotatable bonds is 6. The summed E-state index contributed by atoms with van der Waals surface area (Å²) in [6, 6.07) is 7.86. The van der Waals surface area contributed by atoms with Crippen molar-refractivity contribution in [2.75, 3.05) is 6.54 Å². The second kappa shape index (κ2) is 7.53. The fraction of sp³-hybridized carbons (Fsp3) is 0.412. The van der Waals surface area contributed by atoms with Crippen molar-refractivity contribution >= 4 is 11.6 Å². The van der Waals surface area contributed by atoms with Gasteiger partial charge in [-0.1, -0.05) is 37.6 Å². The lowest BCUT2D eigenvalue weighted by Crippen LogP contribution is -2.13. The first kappa shape index (κ1) is 15.9. The van der Waals surface area contributed by atoms with Gasteiger partial charge in [0, 0.05) is 22.8 Å². The van der Waals surface area contributed by atoms with E-state index < -0.39 is 0 Å². The highest BCUT2D eigenvalue weighted by Crippen LogP contribution is 2.17. The Morgan fingerprint density at radius 2 is 1.57 bits per heavy atom. The van der Waals surface area contributed by atoms with Crippen LogP contribution in [-0.2, 0) is 25.7 Å². The molecule has 0 spiro atoms. The molecule has 0 saturated carbocycles. The van der Waals surface area contributed by atoms with E-state index in [1.807, 2.05) is 24.3 Å². The minimum atomic E-state index is 0.639. The molecule has 112 valence electrons. The quantitative estimate of drug-likeness (QED) is 0.890. The first-order valence-electron chi connectivity index (χ1n) is 7.50. The van der Waals surface area contributed by atoms with Crippen molar-refractivity contribution in [2.24, 2.45) is 5.73 Å². The molecule has 1 heterocycles. The van der Waals surface area contributed by atoms with Crippen molar-refractivity contribution in [2.45, 2.75) is 39.5 Å². The molecule has 4 heteroatoms. The van der Waals surface area contributed by atoms with Gasteiger partial charge in [0.05, 0.1) is 0 Å². The van der Waals surface area contributed by atoms with Gasteiger partial charge in [-0.3, -0.25) is 0 Å². The Kier molecular flexibility index (Phi) is 5.71. The van der Waals surface area contributed by atoms with Crippen molar-refractivity contribution in [1.82, 2.24) is 9.97 Å². The lowest BCUT2D eigenvalue weighted by Gasteiger charge is -2.13. The maximum Gasteiger partial charge on any atom is 0.133 e. The molecule has 0 bridgehead atoms. The molecule has 2 rings (SSSR count). The average molecular weight is 304 g/mol. The van der Waals surface area contributed by atoms with E-state index in [0.29, 0.717) is 6.54 Å². The Balaban J connectivity index is 2.33. The average Bonchev–Trinajstić information content (AvgIpc) is 2.50. The molecule has 0 aliphatic carbocycles. The number of nitrogens with zero attached hydrogens (tertiary/aromatic N) is 2. The lowest BCUT2D eigenvalue weighted by atomic mass is 10.0. The fourth-order valence-electron chi connectivity index (χ4n) is 2.52. The molecular formula is C17H22ClN3. The van der Waals surface area contributed by atoms with Crippen LogP contribution in [0.1, 0.15) is 42.2 Å². The molecule has 0 radical (unpaired) electrons. The molecule has 0 aliphatic heterocycles. The van der Waals surface area contributed by atoms with Crippen LogP contribution in [0, 0.1) is 0 Å². The van der Waals surface area contributed by atoms with Crippen molar-refractivity contribution in [3.8, 4) is 0 Å². The normalized spacial score (nSPS) is 10.9. The molecular weight excluding hydrogens is 282 g/mol. The molecule has 0 aliphatic rings. The predicted octanol–water partition coefficient (Wildman–Crippen LogP) is 3.35. The van der Waals surface area contributed by atoms with Gasteiger partial charge < -0.3 is 5.73 Å². The van der Waals surface area contributed by atoms with Gasteiger partial charge in [-0.2, -0.15) is 0 Å². The minimum Gasteiger partial charge on any atom is -0.330 e. The van der Waals surface area contributed by atoms with E-state index in [1.54, 1.807) is 0 Å². The number of halogens is 1. The standard InChI is InChI=1S/C17H22ClN3/c1-3-15-14(9-10-19)16(4-2)21-17(20-15)11-12-5-7-13(18)8-6-12/h5-8H,3-4,9-11,19H2,1-2H3. The molecule has 0 saturated heterocycles. The van der Waals surface area contributed by atoms with E-state index in [9.17, 15) is 0 Å². The number of hydrogen-bond acceptors (Lipinski definition) is 3. The Hall–Kier alpha value is -1.45. The topological polar surface area (TPSA) is 51.8 Å². The van der Waals surface area contributed by atoms with Gasteiger partial charge in [0.1, 0.15) is 5.82 Å². The second-order valence-electron chi connectivity index (χ2n) is 5.06. The summed E-state index contributed by atoms with van der Waals surface area (Å²) in [6.45, 7) is 4.90. The predicted molar refractivity (Wildman–Crippen MR) is 87.8 cm³/mol. The lowest BCUT2D eigenvalue weighted by molar-refractivity contribution is 0.802. The molecule has 0 amide bonds. The SMILES string of the molecule is CCc1nc(Cc2ccc(Cl)cc2)nc(CC)c1CCN. The monoisotopic (exact) mass is 303 g/mol. The zero-order chi connectivity index (χ0) is 15.2. The Morgan fingerprint density at radius 3 is 2.05 bits per heavy atom. The van der Waals surface area contributed by atoms with Gasteiger partial charge >= 0.3 is 0 Å². The van der Waals surface area contributed by atoms with E-state index in [-0.39, 0.29) is 0 Å². The Labute approximate surface area is 131 Å². The van der Waals surface area contributed by atoms with Crippen molar-refractivity contribution < 1.29 is 0 Å². The van der Waals surface area contributed by atoms with Crippen molar-refractivity contribution in [3.63, 3.8) is 0 Å². The van der Waals surface area contributed by atoms with Crippen LogP contribution in [0.5, 0.6) is 0 Å². The summed E-state index contributed by atoms with van der Waals surface area (Å²) >= 11 is 5.92. The van der Waals surface area contributed by atoms with Gasteiger partial charge in [0.2, 0.25) is 0 Å². The molecule has 2 aromatic rings. The van der Waals surface area contributed by atoms with Gasteiger partial charge in [-0.15, -0.1) is 0 Å². The zero-order valence-electron chi connectivity index (χ0n) is 12.7. The van der Waals surface area contributed by atoms with Gasteiger partial charge in [0.25, 0.3) is 0 Å². The molecule has 2 N–H and O–H groups in total. The second-order valence-corrected chi connectivity index (χ2v) is 5.50. The fourth-order valence-corrected chi connectivity index (χ4v) is 2.65. The number of hydrogen-bond donors (Lipinski definition) is 1. The van der Waals surface area contributed by atoms with E-state index in [2.05, 4.69) is 13.8 Å². The number of nitrogens with two attached hydrogens (primary N) is 1. The van der Waals surface area contributed by atoms with Crippen LogP contribution in [0.3, 0.4) is 0 Å². The summed E-state index contributed by atoms with van der Waals surface area (Å²) in [4.78, 5) is 9.47. The van der Waals surface area contributed by atoms with Gasteiger partial charge in [-0.25, -0.2) is 9.97 Å². The third-order valence-corrected chi connectivity index (χ3v) is 3.82. The summed E-state index contributed by atoms with van der Waals surface area (Å²) in [7, 11) is 0. The van der Waals surface area contributed by atoms with Crippen LogP contribution in [0.2, 0.25) is 5.02 Å². The van der Waals surface area contributed by atoms with E-state index >= 15 is 0 Å². The molecule has 3 nitrogen and oxygen atoms in total. The maximum absolute atomic E-state index is 5.92. The smallest absolute Gasteiger partial charge is 0.133 e. The van der Waals surface area contributed by atoms with Crippen LogP contribution in [0.25, 0.3) is 0 Å². The molecule has 21 heavy (non-hydrogen) atoms.